The minimum atomic E-state index is -0.569. The molecule has 28 heavy (non-hydrogen) atoms. The van der Waals surface area contributed by atoms with Gasteiger partial charge in [-0.1, -0.05) is 29.8 Å². The first kappa shape index (κ1) is 21.6. The van der Waals surface area contributed by atoms with Crippen molar-refractivity contribution in [3.05, 3.63) is 58.6 Å². The lowest BCUT2D eigenvalue weighted by Crippen LogP contribution is -2.30. The van der Waals surface area contributed by atoms with E-state index in [0.29, 0.717) is 28.5 Å². The van der Waals surface area contributed by atoms with Crippen LogP contribution in [0.4, 0.5) is 0 Å². The highest BCUT2D eigenvalue weighted by atomic mass is 35.5. The lowest BCUT2D eigenvalue weighted by atomic mass is 10.0. The van der Waals surface area contributed by atoms with Gasteiger partial charge >= 0.3 is 5.97 Å². The third-order valence-electron chi connectivity index (χ3n) is 4.32. The van der Waals surface area contributed by atoms with Gasteiger partial charge in [0.1, 0.15) is 11.5 Å². The number of amides is 1. The quantitative estimate of drug-likeness (QED) is 0.644. The summed E-state index contributed by atoms with van der Waals surface area (Å²) >= 11 is 6.24. The van der Waals surface area contributed by atoms with Crippen molar-refractivity contribution in [3.63, 3.8) is 0 Å². The van der Waals surface area contributed by atoms with Crippen molar-refractivity contribution in [1.29, 1.82) is 0 Å². The molecule has 0 aliphatic carbocycles. The number of carbonyl (C=O) groups is 2. The number of esters is 1. The number of benzene rings is 2. The predicted molar refractivity (Wildman–Crippen MR) is 107 cm³/mol. The van der Waals surface area contributed by atoms with Gasteiger partial charge in [-0.25, -0.2) is 0 Å². The normalized spacial score (nSPS) is 11.4. The molecule has 0 saturated heterocycles. The van der Waals surface area contributed by atoms with Gasteiger partial charge in [-0.2, -0.15) is 0 Å². The van der Waals surface area contributed by atoms with Gasteiger partial charge in [0, 0.05) is 11.4 Å². The molecule has 1 atom stereocenters. The molecule has 6 nitrogen and oxygen atoms in total. The Morgan fingerprint density at radius 3 is 2.46 bits per heavy atom. The second kappa shape index (κ2) is 10.6. The fraction of sp³-hybridized carbons (Fsp3) is 0.333. The minimum absolute atomic E-state index is 0.00550. The summed E-state index contributed by atoms with van der Waals surface area (Å²) in [6.07, 6.45) is 0.666. The van der Waals surface area contributed by atoms with E-state index < -0.39 is 12.0 Å². The highest BCUT2D eigenvalue weighted by molar-refractivity contribution is 6.31. The average molecular weight is 406 g/mol. The minimum Gasteiger partial charge on any atom is -0.497 e. The molecule has 7 heteroatoms. The van der Waals surface area contributed by atoms with Crippen molar-refractivity contribution in [2.45, 2.75) is 25.3 Å². The first-order chi connectivity index (χ1) is 13.5. The topological polar surface area (TPSA) is 73.9 Å². The van der Waals surface area contributed by atoms with E-state index in [4.69, 9.17) is 25.8 Å². The van der Waals surface area contributed by atoms with Gasteiger partial charge in [-0.3, -0.25) is 9.59 Å². The fourth-order valence-corrected chi connectivity index (χ4v) is 3.11. The Hall–Kier alpha value is -2.73. The van der Waals surface area contributed by atoms with Crippen LogP contribution in [-0.2, 0) is 20.7 Å². The van der Waals surface area contributed by atoms with Gasteiger partial charge in [-0.05, 0) is 41.8 Å². The lowest BCUT2D eigenvalue weighted by molar-refractivity contribution is -0.141. The molecule has 0 bridgehead atoms. The van der Waals surface area contributed by atoms with Crippen molar-refractivity contribution in [2.24, 2.45) is 0 Å². The molecule has 0 aliphatic rings. The molecule has 1 amide bonds. The number of methoxy groups -OCH3 is 3. The van der Waals surface area contributed by atoms with Crippen molar-refractivity contribution in [2.75, 3.05) is 21.3 Å². The number of carbonyl (C=O) groups excluding carboxylic acids is 2. The molecule has 0 heterocycles. The van der Waals surface area contributed by atoms with Crippen LogP contribution in [0.25, 0.3) is 0 Å². The van der Waals surface area contributed by atoms with Gasteiger partial charge in [-0.15, -0.1) is 0 Å². The molecular weight excluding hydrogens is 382 g/mol. The van der Waals surface area contributed by atoms with E-state index in [1.54, 1.807) is 50.6 Å². The Morgan fingerprint density at radius 2 is 1.82 bits per heavy atom. The zero-order valence-electron chi connectivity index (χ0n) is 16.2. The molecule has 0 aromatic heterocycles. The molecule has 0 radical (unpaired) electrons. The monoisotopic (exact) mass is 405 g/mol. The molecule has 2 aromatic carbocycles. The SMILES string of the molecule is COC(=O)CC(NC(=O)CCc1cc(OC)ccc1OC)c1ccccc1Cl. The Kier molecular flexibility index (Phi) is 8.14. The van der Waals surface area contributed by atoms with Crippen LogP contribution in [-0.4, -0.2) is 33.2 Å². The van der Waals surface area contributed by atoms with Crippen LogP contribution in [0.3, 0.4) is 0 Å². The summed E-state index contributed by atoms with van der Waals surface area (Å²) in [6, 6.07) is 12.0. The van der Waals surface area contributed by atoms with Gasteiger partial charge in [0.15, 0.2) is 0 Å². The van der Waals surface area contributed by atoms with Gasteiger partial charge in [0.25, 0.3) is 0 Å². The molecule has 2 aromatic rings. The lowest BCUT2D eigenvalue weighted by Gasteiger charge is -2.19. The maximum Gasteiger partial charge on any atom is 0.307 e. The molecule has 0 spiro atoms. The summed E-state index contributed by atoms with van der Waals surface area (Å²) in [5, 5.41) is 3.36. The van der Waals surface area contributed by atoms with Crippen LogP contribution in [0.2, 0.25) is 5.02 Å². The number of rotatable bonds is 9. The Balaban J connectivity index is 2.09. The summed E-state index contributed by atoms with van der Waals surface area (Å²) in [7, 11) is 4.47. The molecule has 0 aliphatic heterocycles. The van der Waals surface area contributed by atoms with Crippen molar-refractivity contribution in [3.8, 4) is 11.5 Å². The standard InChI is InChI=1S/C21H24ClNO5/c1-26-15-9-10-19(27-2)14(12-15)8-11-20(24)23-18(13-21(25)28-3)16-6-4-5-7-17(16)22/h4-7,9-10,12,18H,8,11,13H2,1-3H3,(H,23,24). The van der Waals surface area contributed by atoms with Crippen molar-refractivity contribution in [1.82, 2.24) is 5.32 Å². The first-order valence-corrected chi connectivity index (χ1v) is 9.17. The van der Waals surface area contributed by atoms with Gasteiger partial charge in [0.05, 0.1) is 33.8 Å². The van der Waals surface area contributed by atoms with E-state index in [0.717, 1.165) is 5.56 Å². The summed E-state index contributed by atoms with van der Waals surface area (Å²) in [6.45, 7) is 0. The van der Waals surface area contributed by atoms with Crippen LogP contribution >= 0.6 is 11.6 Å². The summed E-state index contributed by atoms with van der Waals surface area (Å²) in [5.74, 6) is 0.736. The van der Waals surface area contributed by atoms with Crippen LogP contribution < -0.4 is 14.8 Å². The van der Waals surface area contributed by atoms with E-state index >= 15 is 0 Å². The third-order valence-corrected chi connectivity index (χ3v) is 4.67. The van der Waals surface area contributed by atoms with E-state index in [1.165, 1.54) is 7.11 Å². The highest BCUT2D eigenvalue weighted by Crippen LogP contribution is 2.27. The third kappa shape index (κ3) is 5.89. The van der Waals surface area contributed by atoms with Gasteiger partial charge in [0.2, 0.25) is 5.91 Å². The number of hydrogen-bond acceptors (Lipinski definition) is 5. The number of aryl methyl sites for hydroxylation is 1. The van der Waals surface area contributed by atoms with E-state index in [-0.39, 0.29) is 18.7 Å². The largest absolute Gasteiger partial charge is 0.497 e. The maximum atomic E-state index is 12.6. The molecule has 0 fully saturated rings. The second-order valence-corrected chi connectivity index (χ2v) is 6.51. The predicted octanol–water partition coefficient (Wildman–Crippen LogP) is 3.71. The zero-order valence-corrected chi connectivity index (χ0v) is 16.9. The Morgan fingerprint density at radius 1 is 1.07 bits per heavy atom. The summed E-state index contributed by atoms with van der Waals surface area (Å²) in [5.41, 5.74) is 1.53. The molecule has 2 rings (SSSR count). The first-order valence-electron chi connectivity index (χ1n) is 8.80. The molecule has 0 saturated carbocycles. The smallest absolute Gasteiger partial charge is 0.307 e. The van der Waals surface area contributed by atoms with E-state index in [2.05, 4.69) is 5.32 Å². The maximum absolute atomic E-state index is 12.6. The van der Waals surface area contributed by atoms with Crippen LogP contribution in [0.1, 0.15) is 30.0 Å². The highest BCUT2D eigenvalue weighted by Gasteiger charge is 2.21. The molecule has 1 unspecified atom stereocenters. The zero-order chi connectivity index (χ0) is 20.5. The Bertz CT molecular complexity index is 824. The average Bonchev–Trinajstić information content (AvgIpc) is 2.71. The Labute approximate surface area is 169 Å². The fourth-order valence-electron chi connectivity index (χ4n) is 2.84. The second-order valence-electron chi connectivity index (χ2n) is 6.10. The van der Waals surface area contributed by atoms with Crippen LogP contribution in [0.5, 0.6) is 11.5 Å². The van der Waals surface area contributed by atoms with Crippen LogP contribution in [0, 0.1) is 0 Å². The van der Waals surface area contributed by atoms with E-state index in [1.807, 2.05) is 6.07 Å². The summed E-state index contributed by atoms with van der Waals surface area (Å²) < 4.78 is 15.3. The van der Waals surface area contributed by atoms with Crippen molar-refractivity contribution < 1.29 is 23.8 Å². The molecule has 1 N–H and O–H groups in total. The number of halogens is 1. The van der Waals surface area contributed by atoms with Gasteiger partial charge < -0.3 is 19.5 Å². The number of hydrogen-bond donors (Lipinski definition) is 1. The molecular formula is C21H24ClNO5. The molecule has 150 valence electrons. The number of ether oxygens (including phenoxy) is 3. The van der Waals surface area contributed by atoms with Crippen LogP contribution in [0.15, 0.2) is 42.5 Å². The number of nitrogens with one attached hydrogen (secondary N) is 1. The summed E-state index contributed by atoms with van der Waals surface area (Å²) in [4.78, 5) is 24.3. The van der Waals surface area contributed by atoms with Crippen molar-refractivity contribution >= 4 is 23.5 Å². The van der Waals surface area contributed by atoms with E-state index in [9.17, 15) is 9.59 Å².